The zero-order chi connectivity index (χ0) is 17.6. The van der Waals surface area contributed by atoms with Gasteiger partial charge in [-0.15, -0.1) is 0 Å². The van der Waals surface area contributed by atoms with Crippen LogP contribution in [0.3, 0.4) is 0 Å². The molecule has 24 heavy (non-hydrogen) atoms. The Kier molecular flexibility index (Phi) is 3.97. The average molecular weight is 337 g/mol. The van der Waals surface area contributed by atoms with Crippen LogP contribution in [0, 0.1) is 0 Å². The molecular weight excluding hydrogens is 318 g/mol. The highest BCUT2D eigenvalue weighted by atomic mass is 16.6. The number of rotatable bonds is 4. The van der Waals surface area contributed by atoms with Crippen molar-refractivity contribution in [2.75, 3.05) is 12.3 Å². The number of carbonyl (C=O) groups is 1. The van der Waals surface area contributed by atoms with Gasteiger partial charge in [-0.25, -0.2) is 15.0 Å². The predicted octanol–water partition coefficient (Wildman–Crippen LogP) is -2.94. The minimum atomic E-state index is -1.96. The number of hydrogen-bond donors (Lipinski definition) is 5. The van der Waals surface area contributed by atoms with Gasteiger partial charge in [-0.05, 0) is 6.92 Å². The van der Waals surface area contributed by atoms with Crippen molar-refractivity contribution in [3.8, 4) is 0 Å². The van der Waals surface area contributed by atoms with Crippen LogP contribution < -0.4 is 17.2 Å². The second kappa shape index (κ2) is 5.72. The zero-order valence-corrected chi connectivity index (χ0v) is 12.9. The van der Waals surface area contributed by atoms with Gasteiger partial charge < -0.3 is 32.2 Å². The van der Waals surface area contributed by atoms with E-state index in [0.717, 1.165) is 0 Å². The predicted molar refractivity (Wildman–Crippen MR) is 82.3 cm³/mol. The van der Waals surface area contributed by atoms with Crippen LogP contribution in [0.4, 0.5) is 5.82 Å². The summed E-state index contributed by atoms with van der Waals surface area (Å²) in [6, 6.07) is -1.98. The lowest BCUT2D eigenvalue weighted by molar-refractivity contribution is -0.174. The van der Waals surface area contributed by atoms with Crippen LogP contribution in [0.25, 0.3) is 11.2 Å². The number of nitrogens with zero attached hydrogens (tertiary/aromatic N) is 4. The molecule has 1 aliphatic heterocycles. The molecule has 130 valence electrons. The first kappa shape index (κ1) is 16.7. The molecule has 1 saturated heterocycles. The van der Waals surface area contributed by atoms with Gasteiger partial charge in [0.05, 0.1) is 18.7 Å². The highest BCUT2D eigenvalue weighted by Crippen LogP contribution is 2.38. The van der Waals surface area contributed by atoms with Gasteiger partial charge in [-0.2, -0.15) is 0 Å². The molecule has 1 aliphatic rings. The molecule has 0 spiro atoms. The van der Waals surface area contributed by atoms with E-state index in [0.29, 0.717) is 0 Å². The summed E-state index contributed by atoms with van der Waals surface area (Å²) in [6.45, 7) is 0.983. The van der Waals surface area contributed by atoms with Gasteiger partial charge in [-0.1, -0.05) is 0 Å². The first-order valence-corrected chi connectivity index (χ1v) is 7.30. The summed E-state index contributed by atoms with van der Waals surface area (Å²) in [4.78, 5) is 24.8. The molecule has 0 saturated carbocycles. The topological polar surface area (TPSA) is 188 Å². The Morgan fingerprint density at radius 1 is 1.50 bits per heavy atom. The van der Waals surface area contributed by atoms with Crippen LogP contribution in [0.1, 0.15) is 6.92 Å². The summed E-state index contributed by atoms with van der Waals surface area (Å²) >= 11 is 0. The summed E-state index contributed by atoms with van der Waals surface area (Å²) in [5, 5.41) is 20.1. The fourth-order valence-electron chi connectivity index (χ4n) is 2.95. The van der Waals surface area contributed by atoms with E-state index in [1.165, 1.54) is 24.1 Å². The summed E-state index contributed by atoms with van der Waals surface area (Å²) in [5.74, 6) is -0.518. The van der Waals surface area contributed by atoms with Crippen LogP contribution in [0.15, 0.2) is 12.7 Å². The van der Waals surface area contributed by atoms with Crippen molar-refractivity contribution in [1.82, 2.24) is 19.5 Å². The molecule has 2 aromatic heterocycles. The molecule has 0 aromatic carbocycles. The minimum absolute atomic E-state index is 0.109. The smallest absolute Gasteiger partial charge is 0.237 e. The SMILES string of the molecule is CC(N)C(=O)[C@@]1(n2cnc3c(N)ncnc32)O[C@H](CO)C(N)[C@H]1O. The number of Topliss-reactive ketones (excluding diaryl/α,β-unsaturated/α-hetero) is 1. The first-order chi connectivity index (χ1) is 11.3. The number of ether oxygens (including phenoxy) is 1. The minimum Gasteiger partial charge on any atom is -0.394 e. The van der Waals surface area contributed by atoms with Crippen molar-refractivity contribution < 1.29 is 19.7 Å². The van der Waals surface area contributed by atoms with E-state index in [9.17, 15) is 15.0 Å². The number of aliphatic hydroxyl groups excluding tert-OH is 2. The molecule has 0 radical (unpaired) electrons. The largest absolute Gasteiger partial charge is 0.394 e. The fourth-order valence-corrected chi connectivity index (χ4v) is 2.95. The lowest BCUT2D eigenvalue weighted by Gasteiger charge is -2.33. The van der Waals surface area contributed by atoms with Gasteiger partial charge in [-0.3, -0.25) is 9.36 Å². The molecule has 3 rings (SSSR count). The summed E-state index contributed by atoms with van der Waals surface area (Å²) in [6.07, 6.45) is 0.0252. The first-order valence-electron chi connectivity index (χ1n) is 7.30. The maximum Gasteiger partial charge on any atom is 0.237 e. The number of anilines is 1. The molecule has 2 aromatic rings. The van der Waals surface area contributed by atoms with Crippen molar-refractivity contribution in [3.05, 3.63) is 12.7 Å². The molecule has 1 fully saturated rings. The van der Waals surface area contributed by atoms with Crippen LogP contribution >= 0.6 is 0 Å². The van der Waals surface area contributed by atoms with Gasteiger partial charge in [0.15, 0.2) is 11.5 Å². The van der Waals surface area contributed by atoms with E-state index < -0.39 is 42.4 Å². The monoisotopic (exact) mass is 337 g/mol. The van der Waals surface area contributed by atoms with Gasteiger partial charge in [0.1, 0.15) is 30.4 Å². The number of fused-ring (bicyclic) bond motifs is 1. The van der Waals surface area contributed by atoms with Crippen LogP contribution in [0.5, 0.6) is 0 Å². The number of aliphatic hydroxyl groups is 2. The molecule has 0 bridgehead atoms. The Bertz CT molecular complexity index is 779. The maximum absolute atomic E-state index is 12.8. The summed E-state index contributed by atoms with van der Waals surface area (Å²) < 4.78 is 6.95. The maximum atomic E-state index is 12.8. The normalized spacial score (nSPS) is 31.5. The third kappa shape index (κ3) is 2.10. The number of imidazole rings is 1. The van der Waals surface area contributed by atoms with Crippen LogP contribution in [0.2, 0.25) is 0 Å². The van der Waals surface area contributed by atoms with E-state index in [-0.39, 0.29) is 17.0 Å². The average Bonchev–Trinajstić information content (AvgIpc) is 3.09. The second-order valence-electron chi connectivity index (χ2n) is 5.76. The van der Waals surface area contributed by atoms with E-state index in [1.54, 1.807) is 0 Å². The van der Waals surface area contributed by atoms with Crippen molar-refractivity contribution in [2.45, 2.75) is 36.9 Å². The third-order valence-corrected chi connectivity index (χ3v) is 4.19. The fraction of sp³-hybridized carbons (Fsp3) is 0.538. The quantitative estimate of drug-likeness (QED) is 0.386. The highest BCUT2D eigenvalue weighted by Gasteiger charge is 2.60. The number of nitrogens with two attached hydrogens (primary N) is 3. The number of hydrogen-bond acceptors (Lipinski definition) is 10. The summed E-state index contributed by atoms with van der Waals surface area (Å²) in [7, 11) is 0. The molecule has 11 heteroatoms. The Balaban J connectivity index is 2.26. The van der Waals surface area contributed by atoms with Gasteiger partial charge in [0, 0.05) is 0 Å². The second-order valence-corrected chi connectivity index (χ2v) is 5.76. The van der Waals surface area contributed by atoms with Crippen molar-refractivity contribution in [3.63, 3.8) is 0 Å². The van der Waals surface area contributed by atoms with Crippen molar-refractivity contribution in [1.29, 1.82) is 0 Å². The lowest BCUT2D eigenvalue weighted by Crippen LogP contribution is -2.57. The van der Waals surface area contributed by atoms with Crippen LogP contribution in [-0.2, 0) is 15.3 Å². The van der Waals surface area contributed by atoms with Gasteiger partial charge >= 0.3 is 0 Å². The molecular formula is C13H19N7O4. The number of carbonyl (C=O) groups excluding carboxylic acids is 1. The van der Waals surface area contributed by atoms with Gasteiger partial charge in [0.25, 0.3) is 0 Å². The molecule has 8 N–H and O–H groups in total. The molecule has 0 amide bonds. The molecule has 0 aliphatic carbocycles. The third-order valence-electron chi connectivity index (χ3n) is 4.19. The zero-order valence-electron chi connectivity index (χ0n) is 12.9. The lowest BCUT2D eigenvalue weighted by atomic mass is 9.93. The highest BCUT2D eigenvalue weighted by molar-refractivity contribution is 5.93. The molecule has 5 atom stereocenters. The Morgan fingerprint density at radius 3 is 2.79 bits per heavy atom. The number of nitrogen functional groups attached to an aromatic ring is 1. The van der Waals surface area contributed by atoms with Crippen molar-refractivity contribution in [2.24, 2.45) is 11.5 Å². The van der Waals surface area contributed by atoms with E-state index in [1.807, 2.05) is 0 Å². The van der Waals surface area contributed by atoms with E-state index >= 15 is 0 Å². The number of aromatic nitrogens is 4. The Labute approximate surface area is 136 Å². The number of ketones is 1. The van der Waals surface area contributed by atoms with Crippen molar-refractivity contribution >= 4 is 22.8 Å². The standard InChI is InChI=1S/C13H19N7O4/c1-5(14)9(22)13(10(23)7(15)6(2-21)24-13)20-4-19-8-11(16)17-3-18-12(8)20/h3-7,10,21,23H,2,14-15H2,1H3,(H2,16,17,18)/t5?,6-,7?,10-,13-/m1/s1. The molecule has 3 heterocycles. The van der Waals surface area contributed by atoms with E-state index in [4.69, 9.17) is 21.9 Å². The Hall–Kier alpha value is -2.18. The Morgan fingerprint density at radius 2 is 2.21 bits per heavy atom. The molecule has 11 nitrogen and oxygen atoms in total. The summed E-state index contributed by atoms with van der Waals surface area (Å²) in [5.41, 5.74) is 15.9. The van der Waals surface area contributed by atoms with Crippen LogP contribution in [-0.4, -0.2) is 66.4 Å². The molecule has 2 unspecified atom stereocenters. The van der Waals surface area contributed by atoms with Gasteiger partial charge in [0.2, 0.25) is 11.5 Å². The van der Waals surface area contributed by atoms with E-state index in [2.05, 4.69) is 15.0 Å².